The fraction of sp³-hybridized carbons (Fsp3) is 0.625. The smallest absolute Gasteiger partial charge is 0.137 e. The molecule has 1 saturated carbocycles. The van der Waals surface area contributed by atoms with Crippen LogP contribution in [0.2, 0.25) is 0 Å². The van der Waals surface area contributed by atoms with Gasteiger partial charge in [0, 0.05) is 19.1 Å². The molecule has 1 atom stereocenters. The monoisotopic (exact) mass is 342 g/mol. The number of likely N-dealkylation sites (N-methyl/N-ethyl adjacent to an activating group) is 1. The van der Waals surface area contributed by atoms with Gasteiger partial charge in [-0.1, -0.05) is 25.3 Å². The summed E-state index contributed by atoms with van der Waals surface area (Å²) in [7, 11) is 2.10. The number of hydrogen-bond acceptors (Lipinski definition) is 2. The highest BCUT2D eigenvalue weighted by Crippen LogP contribution is 2.28. The molecule has 1 aromatic rings. The van der Waals surface area contributed by atoms with Crippen LogP contribution < -0.4 is 5.73 Å². The van der Waals surface area contributed by atoms with Crippen molar-refractivity contribution in [2.45, 2.75) is 38.1 Å². The third kappa shape index (κ3) is 4.03. The van der Waals surface area contributed by atoms with Crippen LogP contribution in [0.4, 0.5) is 4.39 Å². The van der Waals surface area contributed by atoms with Crippen molar-refractivity contribution in [2.75, 3.05) is 20.1 Å². The van der Waals surface area contributed by atoms with Gasteiger partial charge >= 0.3 is 0 Å². The third-order valence-corrected chi connectivity index (χ3v) is 5.00. The van der Waals surface area contributed by atoms with Crippen molar-refractivity contribution >= 4 is 15.9 Å². The zero-order valence-corrected chi connectivity index (χ0v) is 13.7. The predicted octanol–water partition coefficient (Wildman–Crippen LogP) is 4.10. The topological polar surface area (TPSA) is 29.3 Å². The summed E-state index contributed by atoms with van der Waals surface area (Å²) in [5.74, 6) is 0.551. The number of rotatable bonds is 5. The molecule has 1 aliphatic carbocycles. The average Bonchev–Trinajstić information content (AvgIpc) is 2.44. The Morgan fingerprint density at radius 3 is 2.65 bits per heavy atom. The minimum Gasteiger partial charge on any atom is -0.329 e. The summed E-state index contributed by atoms with van der Waals surface area (Å²) in [6.45, 7) is 1.57. The van der Waals surface area contributed by atoms with Crippen LogP contribution in [-0.4, -0.2) is 25.0 Å². The molecule has 2 N–H and O–H groups in total. The van der Waals surface area contributed by atoms with Gasteiger partial charge in [0.1, 0.15) is 5.82 Å². The lowest BCUT2D eigenvalue weighted by Crippen LogP contribution is -2.35. The molecule has 1 fully saturated rings. The predicted molar refractivity (Wildman–Crippen MR) is 85.1 cm³/mol. The Balaban J connectivity index is 2.03. The largest absolute Gasteiger partial charge is 0.329 e. The van der Waals surface area contributed by atoms with Crippen molar-refractivity contribution in [3.05, 3.63) is 34.1 Å². The van der Waals surface area contributed by atoms with Crippen molar-refractivity contribution in [1.29, 1.82) is 0 Å². The van der Waals surface area contributed by atoms with Gasteiger partial charge in [-0.3, -0.25) is 4.90 Å². The Labute approximate surface area is 129 Å². The van der Waals surface area contributed by atoms with Crippen molar-refractivity contribution in [1.82, 2.24) is 4.90 Å². The lowest BCUT2D eigenvalue weighted by atomic mass is 9.88. The van der Waals surface area contributed by atoms with E-state index in [2.05, 4.69) is 27.9 Å². The highest BCUT2D eigenvalue weighted by atomic mass is 79.9. The maximum Gasteiger partial charge on any atom is 0.137 e. The molecular weight excluding hydrogens is 319 g/mol. The molecule has 4 heteroatoms. The molecule has 0 aromatic heterocycles. The zero-order valence-electron chi connectivity index (χ0n) is 12.1. The summed E-state index contributed by atoms with van der Waals surface area (Å²) in [5, 5.41) is 0. The van der Waals surface area contributed by atoms with Crippen LogP contribution in [0.3, 0.4) is 0 Å². The second kappa shape index (κ2) is 7.53. The Bertz CT molecular complexity index is 432. The van der Waals surface area contributed by atoms with Gasteiger partial charge in [0.25, 0.3) is 0 Å². The third-order valence-electron chi connectivity index (χ3n) is 4.35. The molecule has 1 aromatic carbocycles. The highest BCUT2D eigenvalue weighted by molar-refractivity contribution is 9.10. The first-order chi connectivity index (χ1) is 9.61. The van der Waals surface area contributed by atoms with E-state index in [1.807, 2.05) is 6.07 Å². The minimum absolute atomic E-state index is 0.0968. The Kier molecular flexibility index (Phi) is 6.00. The van der Waals surface area contributed by atoms with E-state index in [1.54, 1.807) is 12.1 Å². The number of nitrogens with two attached hydrogens (primary N) is 1. The molecule has 0 spiro atoms. The summed E-state index contributed by atoms with van der Waals surface area (Å²) in [6.07, 6.45) is 6.70. The van der Waals surface area contributed by atoms with E-state index in [0.717, 1.165) is 18.0 Å². The number of benzene rings is 1. The number of halogens is 2. The van der Waals surface area contributed by atoms with Crippen LogP contribution in [0.15, 0.2) is 22.7 Å². The lowest BCUT2D eigenvalue weighted by molar-refractivity contribution is 0.185. The van der Waals surface area contributed by atoms with Gasteiger partial charge in [0.2, 0.25) is 0 Å². The standard InChI is InChI=1S/C16H24BrFN2/c1-20(11-12-5-3-2-4-6-12)16(10-19)13-7-8-14(17)15(18)9-13/h7-9,12,16H,2-6,10-11,19H2,1H3. The fourth-order valence-corrected chi connectivity index (χ4v) is 3.44. The van der Waals surface area contributed by atoms with Gasteiger partial charge in [-0.05, 0) is 59.4 Å². The SMILES string of the molecule is CN(CC1CCCCC1)C(CN)c1ccc(Br)c(F)c1. The van der Waals surface area contributed by atoms with Gasteiger partial charge in [-0.15, -0.1) is 0 Å². The quantitative estimate of drug-likeness (QED) is 0.872. The first-order valence-electron chi connectivity index (χ1n) is 7.47. The fourth-order valence-electron chi connectivity index (χ4n) is 3.19. The summed E-state index contributed by atoms with van der Waals surface area (Å²) < 4.78 is 14.2. The normalized spacial score (nSPS) is 18.4. The number of hydrogen-bond donors (Lipinski definition) is 1. The Morgan fingerprint density at radius 2 is 2.05 bits per heavy atom. The highest BCUT2D eigenvalue weighted by Gasteiger charge is 2.21. The summed E-state index contributed by atoms with van der Waals surface area (Å²) in [5.41, 5.74) is 6.89. The van der Waals surface area contributed by atoms with Gasteiger partial charge in [-0.2, -0.15) is 0 Å². The van der Waals surface area contributed by atoms with E-state index in [-0.39, 0.29) is 11.9 Å². The van der Waals surface area contributed by atoms with Gasteiger partial charge in [0.05, 0.1) is 4.47 Å². The van der Waals surface area contributed by atoms with Crippen molar-refractivity contribution in [3.63, 3.8) is 0 Å². The van der Waals surface area contributed by atoms with Gasteiger partial charge < -0.3 is 5.73 Å². The molecule has 0 saturated heterocycles. The summed E-state index contributed by atoms with van der Waals surface area (Å²) in [4.78, 5) is 2.29. The Hall–Kier alpha value is -0.450. The molecule has 0 heterocycles. The van der Waals surface area contributed by atoms with Crippen LogP contribution in [-0.2, 0) is 0 Å². The molecule has 2 rings (SSSR count). The molecule has 0 radical (unpaired) electrons. The van der Waals surface area contributed by atoms with Crippen LogP contribution in [0.25, 0.3) is 0 Å². The van der Waals surface area contributed by atoms with E-state index in [1.165, 1.54) is 32.1 Å². The molecule has 0 amide bonds. The molecule has 0 aliphatic heterocycles. The number of nitrogens with zero attached hydrogens (tertiary/aromatic N) is 1. The molecular formula is C16H24BrFN2. The maximum atomic E-state index is 13.7. The van der Waals surface area contributed by atoms with E-state index in [0.29, 0.717) is 11.0 Å². The summed E-state index contributed by atoms with van der Waals surface area (Å²) in [6, 6.07) is 5.42. The van der Waals surface area contributed by atoms with Crippen LogP contribution in [0, 0.1) is 11.7 Å². The Morgan fingerprint density at radius 1 is 1.35 bits per heavy atom. The summed E-state index contributed by atoms with van der Waals surface area (Å²) >= 11 is 3.20. The molecule has 20 heavy (non-hydrogen) atoms. The van der Waals surface area contributed by atoms with E-state index in [4.69, 9.17) is 5.73 Å². The lowest BCUT2D eigenvalue weighted by Gasteiger charge is -2.32. The second-order valence-corrected chi connectivity index (χ2v) is 6.72. The first kappa shape index (κ1) is 15.9. The molecule has 1 unspecified atom stereocenters. The second-order valence-electron chi connectivity index (χ2n) is 5.87. The van der Waals surface area contributed by atoms with Gasteiger partial charge in [-0.25, -0.2) is 4.39 Å². The first-order valence-corrected chi connectivity index (χ1v) is 8.26. The van der Waals surface area contributed by atoms with E-state index >= 15 is 0 Å². The van der Waals surface area contributed by atoms with Crippen LogP contribution in [0.1, 0.15) is 43.7 Å². The van der Waals surface area contributed by atoms with Crippen molar-refractivity contribution in [3.8, 4) is 0 Å². The molecule has 112 valence electrons. The van der Waals surface area contributed by atoms with Crippen molar-refractivity contribution < 1.29 is 4.39 Å². The van der Waals surface area contributed by atoms with Crippen LogP contribution >= 0.6 is 15.9 Å². The minimum atomic E-state index is -0.216. The average molecular weight is 343 g/mol. The van der Waals surface area contributed by atoms with E-state index in [9.17, 15) is 4.39 Å². The van der Waals surface area contributed by atoms with Crippen molar-refractivity contribution in [2.24, 2.45) is 11.7 Å². The molecule has 2 nitrogen and oxygen atoms in total. The van der Waals surface area contributed by atoms with Gasteiger partial charge in [0.15, 0.2) is 0 Å². The van der Waals surface area contributed by atoms with Crippen LogP contribution in [0.5, 0.6) is 0 Å². The maximum absolute atomic E-state index is 13.7. The zero-order chi connectivity index (χ0) is 14.5. The molecule has 0 bridgehead atoms. The van der Waals surface area contributed by atoms with E-state index < -0.39 is 0 Å². The molecule has 1 aliphatic rings.